The average Bonchev–Trinajstić information content (AvgIpc) is 3.19. The van der Waals surface area contributed by atoms with Crippen molar-refractivity contribution >= 4 is 26.5 Å². The molecule has 21 heavy (non-hydrogen) atoms. The summed E-state index contributed by atoms with van der Waals surface area (Å²) >= 11 is 1.57. The van der Waals surface area contributed by atoms with Crippen LogP contribution in [0.15, 0.2) is 28.7 Å². The molecule has 3 heterocycles. The van der Waals surface area contributed by atoms with Gasteiger partial charge in [0.25, 0.3) is 0 Å². The van der Waals surface area contributed by atoms with Crippen LogP contribution in [0.25, 0.3) is 0 Å². The monoisotopic (exact) mass is 327 g/mol. The number of anilines is 1. The van der Waals surface area contributed by atoms with Gasteiger partial charge in [0.1, 0.15) is 0 Å². The number of hydrogen-bond acceptors (Lipinski definition) is 6. The highest BCUT2D eigenvalue weighted by Gasteiger charge is 2.29. The Morgan fingerprint density at radius 1 is 1.33 bits per heavy atom. The van der Waals surface area contributed by atoms with Crippen molar-refractivity contribution in [1.29, 1.82) is 0 Å². The first-order valence-electron chi connectivity index (χ1n) is 6.63. The molecule has 0 bridgehead atoms. The summed E-state index contributed by atoms with van der Waals surface area (Å²) in [6, 6.07) is 1.60. The van der Waals surface area contributed by atoms with E-state index in [4.69, 9.17) is 5.73 Å². The number of nitrogens with zero attached hydrogens (tertiary/aromatic N) is 3. The molecule has 3 N–H and O–H groups in total. The lowest BCUT2D eigenvalue weighted by Gasteiger charge is -2.33. The first-order chi connectivity index (χ1) is 10.1. The molecule has 7 nitrogen and oxygen atoms in total. The fourth-order valence-corrected chi connectivity index (χ4v) is 4.46. The van der Waals surface area contributed by atoms with E-state index in [1.165, 1.54) is 10.5 Å². The molecule has 0 aliphatic carbocycles. The SMILES string of the molecule is NCc1cc(S(=O)(=O)N2CCN(c3nccs3)CC2)c[nH]1. The predicted molar refractivity (Wildman–Crippen MR) is 81.8 cm³/mol. The number of hydrogen-bond donors (Lipinski definition) is 2. The largest absolute Gasteiger partial charge is 0.363 e. The Bertz CT molecular complexity index is 687. The summed E-state index contributed by atoms with van der Waals surface area (Å²) in [5.41, 5.74) is 6.22. The standard InChI is InChI=1S/C12H17N5O2S2/c13-8-10-7-11(9-15-10)21(18,19)17-4-2-16(3-5-17)12-14-1-6-20-12/h1,6-7,9,15H,2-5,8,13H2. The Kier molecular flexibility index (Phi) is 3.98. The van der Waals surface area contributed by atoms with Gasteiger partial charge < -0.3 is 15.6 Å². The quantitative estimate of drug-likeness (QED) is 0.849. The number of aromatic amines is 1. The van der Waals surface area contributed by atoms with Gasteiger partial charge in [0.15, 0.2) is 5.13 Å². The topological polar surface area (TPSA) is 95.3 Å². The van der Waals surface area contributed by atoms with Gasteiger partial charge in [-0.25, -0.2) is 13.4 Å². The molecule has 1 aliphatic heterocycles. The number of H-pyrrole nitrogens is 1. The van der Waals surface area contributed by atoms with Crippen molar-refractivity contribution in [3.63, 3.8) is 0 Å². The van der Waals surface area contributed by atoms with Gasteiger partial charge in [-0.3, -0.25) is 0 Å². The van der Waals surface area contributed by atoms with E-state index in [9.17, 15) is 8.42 Å². The lowest BCUT2D eigenvalue weighted by molar-refractivity contribution is 0.385. The molecule has 1 saturated heterocycles. The van der Waals surface area contributed by atoms with Crippen LogP contribution in [0.1, 0.15) is 5.69 Å². The minimum atomic E-state index is -3.44. The smallest absolute Gasteiger partial charge is 0.244 e. The van der Waals surface area contributed by atoms with Crippen molar-refractivity contribution in [2.75, 3.05) is 31.1 Å². The van der Waals surface area contributed by atoms with Crippen LogP contribution in [-0.4, -0.2) is 48.9 Å². The van der Waals surface area contributed by atoms with Crippen LogP contribution < -0.4 is 10.6 Å². The van der Waals surface area contributed by atoms with Crippen LogP contribution in [0.5, 0.6) is 0 Å². The summed E-state index contributed by atoms with van der Waals surface area (Å²) in [5.74, 6) is 0. The van der Waals surface area contributed by atoms with E-state index in [0.29, 0.717) is 32.7 Å². The molecule has 114 valence electrons. The van der Waals surface area contributed by atoms with E-state index in [0.717, 1.165) is 10.8 Å². The highest BCUT2D eigenvalue weighted by molar-refractivity contribution is 7.89. The molecule has 0 radical (unpaired) electrons. The zero-order valence-corrected chi connectivity index (χ0v) is 13.0. The molecule has 1 aliphatic rings. The van der Waals surface area contributed by atoms with Crippen LogP contribution in [0.3, 0.4) is 0 Å². The van der Waals surface area contributed by atoms with E-state index >= 15 is 0 Å². The molecule has 0 saturated carbocycles. The second-order valence-electron chi connectivity index (χ2n) is 4.77. The molecule has 0 aromatic carbocycles. The number of nitrogens with one attached hydrogen (secondary N) is 1. The maximum absolute atomic E-state index is 12.5. The number of piperazine rings is 1. The fourth-order valence-electron chi connectivity index (χ4n) is 2.33. The van der Waals surface area contributed by atoms with E-state index < -0.39 is 10.0 Å². The summed E-state index contributed by atoms with van der Waals surface area (Å²) < 4.78 is 26.6. The molecule has 2 aromatic heterocycles. The molecule has 1 fully saturated rings. The van der Waals surface area contributed by atoms with Crippen molar-refractivity contribution < 1.29 is 8.42 Å². The predicted octanol–water partition coefficient (Wildman–Crippen LogP) is 0.441. The zero-order valence-electron chi connectivity index (χ0n) is 11.4. The highest BCUT2D eigenvalue weighted by atomic mass is 32.2. The van der Waals surface area contributed by atoms with Crippen LogP contribution in [0, 0.1) is 0 Å². The van der Waals surface area contributed by atoms with Gasteiger partial charge in [0, 0.05) is 56.2 Å². The first-order valence-corrected chi connectivity index (χ1v) is 8.95. The van der Waals surface area contributed by atoms with Gasteiger partial charge in [-0.1, -0.05) is 0 Å². The van der Waals surface area contributed by atoms with Gasteiger partial charge in [0.05, 0.1) is 4.90 Å². The third kappa shape index (κ3) is 2.82. The number of rotatable bonds is 4. The third-order valence-electron chi connectivity index (χ3n) is 3.50. The Balaban J connectivity index is 1.71. The lowest BCUT2D eigenvalue weighted by Crippen LogP contribution is -2.48. The van der Waals surface area contributed by atoms with Crippen molar-refractivity contribution in [1.82, 2.24) is 14.3 Å². The molecular weight excluding hydrogens is 310 g/mol. The Hall–Kier alpha value is -1.42. The molecule has 2 aromatic rings. The van der Waals surface area contributed by atoms with Gasteiger partial charge in [0.2, 0.25) is 10.0 Å². The number of aromatic nitrogens is 2. The fraction of sp³-hybridized carbons (Fsp3) is 0.417. The first kappa shape index (κ1) is 14.5. The maximum Gasteiger partial charge on any atom is 0.244 e. The van der Waals surface area contributed by atoms with Gasteiger partial charge in [-0.2, -0.15) is 4.31 Å². The Labute approximate surface area is 127 Å². The summed E-state index contributed by atoms with van der Waals surface area (Å²) in [7, 11) is -3.44. The lowest BCUT2D eigenvalue weighted by atomic mass is 10.4. The van der Waals surface area contributed by atoms with Crippen LogP contribution in [0.4, 0.5) is 5.13 Å². The van der Waals surface area contributed by atoms with Gasteiger partial charge in [-0.05, 0) is 6.07 Å². The Morgan fingerprint density at radius 2 is 2.10 bits per heavy atom. The molecule has 0 atom stereocenters. The van der Waals surface area contributed by atoms with Crippen LogP contribution >= 0.6 is 11.3 Å². The van der Waals surface area contributed by atoms with Crippen molar-refractivity contribution in [3.05, 3.63) is 29.5 Å². The molecule has 3 rings (SSSR count). The summed E-state index contributed by atoms with van der Waals surface area (Å²) in [6.07, 6.45) is 3.27. The zero-order chi connectivity index (χ0) is 14.9. The number of sulfonamides is 1. The maximum atomic E-state index is 12.5. The number of nitrogens with two attached hydrogens (primary N) is 1. The second kappa shape index (κ2) is 5.76. The van der Waals surface area contributed by atoms with Crippen molar-refractivity contribution in [3.8, 4) is 0 Å². The van der Waals surface area contributed by atoms with Gasteiger partial charge in [-0.15, -0.1) is 11.3 Å². The summed E-state index contributed by atoms with van der Waals surface area (Å²) in [4.78, 5) is 9.53. The van der Waals surface area contributed by atoms with Gasteiger partial charge >= 0.3 is 0 Å². The van der Waals surface area contributed by atoms with Crippen molar-refractivity contribution in [2.24, 2.45) is 5.73 Å². The molecular formula is C12H17N5O2S2. The third-order valence-corrected chi connectivity index (χ3v) is 6.21. The van der Waals surface area contributed by atoms with E-state index in [2.05, 4.69) is 14.9 Å². The molecule has 9 heteroatoms. The summed E-state index contributed by atoms with van der Waals surface area (Å²) in [6.45, 7) is 2.53. The van der Waals surface area contributed by atoms with E-state index in [1.807, 2.05) is 5.38 Å². The van der Waals surface area contributed by atoms with Crippen molar-refractivity contribution in [2.45, 2.75) is 11.4 Å². The normalized spacial score (nSPS) is 17.3. The minimum Gasteiger partial charge on any atom is -0.363 e. The van der Waals surface area contributed by atoms with Crippen LogP contribution in [-0.2, 0) is 16.6 Å². The summed E-state index contributed by atoms with van der Waals surface area (Å²) in [5, 5.41) is 2.87. The molecule has 0 amide bonds. The van der Waals surface area contributed by atoms with E-state index in [-0.39, 0.29) is 4.90 Å². The minimum absolute atomic E-state index is 0.283. The molecule has 0 unspecified atom stereocenters. The number of thiazole rings is 1. The van der Waals surface area contributed by atoms with E-state index in [1.54, 1.807) is 23.6 Å². The highest BCUT2D eigenvalue weighted by Crippen LogP contribution is 2.22. The average molecular weight is 327 g/mol. The van der Waals surface area contributed by atoms with Crippen LogP contribution in [0.2, 0.25) is 0 Å². The second-order valence-corrected chi connectivity index (χ2v) is 7.58. The Morgan fingerprint density at radius 3 is 2.67 bits per heavy atom. The molecule has 0 spiro atoms.